The number of aliphatic carboxylic acids is 1. The fourth-order valence-electron chi connectivity index (χ4n) is 2.97. The summed E-state index contributed by atoms with van der Waals surface area (Å²) in [6, 6.07) is 4.89. The molecule has 1 aliphatic heterocycles. The van der Waals surface area contributed by atoms with E-state index in [-0.39, 0.29) is 12.2 Å². The molecule has 0 spiro atoms. The molecule has 2 heterocycles. The van der Waals surface area contributed by atoms with Crippen molar-refractivity contribution in [3.63, 3.8) is 0 Å². The fraction of sp³-hybridized carbons (Fsp3) is 0.375. The molecule has 1 aliphatic rings. The SMILES string of the molecule is CN1CCc2nc3c(F)cccc3c(CCC(=O)O)c2C1. The largest absolute Gasteiger partial charge is 0.481 e. The second-order valence-electron chi connectivity index (χ2n) is 5.53. The third-order valence-corrected chi connectivity index (χ3v) is 4.02. The van der Waals surface area contributed by atoms with Crippen molar-refractivity contribution in [2.45, 2.75) is 25.8 Å². The minimum Gasteiger partial charge on any atom is -0.481 e. The number of aryl methyl sites for hydroxylation is 1. The molecule has 4 nitrogen and oxygen atoms in total. The van der Waals surface area contributed by atoms with Crippen LogP contribution < -0.4 is 0 Å². The minimum atomic E-state index is -0.839. The Morgan fingerprint density at radius 2 is 2.29 bits per heavy atom. The van der Waals surface area contributed by atoms with Crippen molar-refractivity contribution in [3.05, 3.63) is 40.8 Å². The first kappa shape index (κ1) is 13.9. The van der Waals surface area contributed by atoms with Gasteiger partial charge in [-0.2, -0.15) is 0 Å². The first-order valence-corrected chi connectivity index (χ1v) is 7.05. The van der Waals surface area contributed by atoms with Crippen LogP contribution in [0, 0.1) is 5.82 Å². The molecule has 0 radical (unpaired) electrons. The van der Waals surface area contributed by atoms with Gasteiger partial charge in [0.2, 0.25) is 0 Å². The van der Waals surface area contributed by atoms with Gasteiger partial charge in [0.15, 0.2) is 0 Å². The predicted molar refractivity (Wildman–Crippen MR) is 77.7 cm³/mol. The lowest BCUT2D eigenvalue weighted by atomic mass is 9.93. The van der Waals surface area contributed by atoms with Crippen molar-refractivity contribution in [1.82, 2.24) is 9.88 Å². The summed E-state index contributed by atoms with van der Waals surface area (Å²) < 4.78 is 14.0. The van der Waals surface area contributed by atoms with Crippen LogP contribution in [0.3, 0.4) is 0 Å². The van der Waals surface area contributed by atoms with E-state index in [9.17, 15) is 9.18 Å². The third-order valence-electron chi connectivity index (χ3n) is 4.02. The highest BCUT2D eigenvalue weighted by atomic mass is 19.1. The number of hydrogen-bond donors (Lipinski definition) is 1. The zero-order valence-corrected chi connectivity index (χ0v) is 11.9. The normalized spacial score (nSPS) is 15.1. The number of pyridine rings is 1. The summed E-state index contributed by atoms with van der Waals surface area (Å²) in [5.41, 5.74) is 3.28. The molecule has 1 aromatic heterocycles. The van der Waals surface area contributed by atoms with Crippen molar-refractivity contribution >= 4 is 16.9 Å². The van der Waals surface area contributed by atoms with E-state index in [2.05, 4.69) is 9.88 Å². The Bertz CT molecular complexity index is 715. The number of hydrogen-bond acceptors (Lipinski definition) is 3. The molecular weight excluding hydrogens is 271 g/mol. The molecule has 3 rings (SSSR count). The van der Waals surface area contributed by atoms with Crippen LogP contribution in [0.5, 0.6) is 0 Å². The molecule has 1 N–H and O–H groups in total. The number of benzene rings is 1. The first-order valence-electron chi connectivity index (χ1n) is 7.05. The summed E-state index contributed by atoms with van der Waals surface area (Å²) in [6.45, 7) is 1.63. The van der Waals surface area contributed by atoms with E-state index in [1.807, 2.05) is 13.1 Å². The predicted octanol–water partition coefficient (Wildman–Crippen LogP) is 2.38. The van der Waals surface area contributed by atoms with E-state index in [1.165, 1.54) is 6.07 Å². The summed E-state index contributed by atoms with van der Waals surface area (Å²) in [7, 11) is 2.03. The highest BCUT2D eigenvalue weighted by molar-refractivity contribution is 5.85. The summed E-state index contributed by atoms with van der Waals surface area (Å²) in [5, 5.41) is 9.70. The second kappa shape index (κ2) is 5.41. The van der Waals surface area contributed by atoms with Gasteiger partial charge in [0, 0.05) is 37.0 Å². The van der Waals surface area contributed by atoms with E-state index in [0.717, 1.165) is 41.7 Å². The quantitative estimate of drug-likeness (QED) is 0.942. The fourth-order valence-corrected chi connectivity index (χ4v) is 2.97. The number of rotatable bonds is 3. The molecule has 21 heavy (non-hydrogen) atoms. The Morgan fingerprint density at radius 1 is 1.48 bits per heavy atom. The lowest BCUT2D eigenvalue weighted by Gasteiger charge is -2.27. The summed E-state index contributed by atoms with van der Waals surface area (Å²) in [5.74, 6) is -1.18. The van der Waals surface area contributed by atoms with Crippen molar-refractivity contribution < 1.29 is 14.3 Å². The Morgan fingerprint density at radius 3 is 3.05 bits per heavy atom. The summed E-state index contributed by atoms with van der Waals surface area (Å²) >= 11 is 0. The molecule has 0 saturated carbocycles. The van der Waals surface area contributed by atoms with Crippen LogP contribution in [0.2, 0.25) is 0 Å². The van der Waals surface area contributed by atoms with Crippen LogP contribution in [0.15, 0.2) is 18.2 Å². The van der Waals surface area contributed by atoms with Gasteiger partial charge in [-0.3, -0.25) is 4.79 Å². The molecule has 0 bridgehead atoms. The third kappa shape index (κ3) is 2.61. The van der Waals surface area contributed by atoms with Crippen molar-refractivity contribution in [2.75, 3.05) is 13.6 Å². The Hall–Kier alpha value is -2.01. The van der Waals surface area contributed by atoms with E-state index in [0.29, 0.717) is 11.9 Å². The number of aromatic nitrogens is 1. The van der Waals surface area contributed by atoms with Gasteiger partial charge in [-0.15, -0.1) is 0 Å². The minimum absolute atomic E-state index is 0.0474. The number of halogens is 1. The van der Waals surface area contributed by atoms with E-state index < -0.39 is 5.97 Å². The van der Waals surface area contributed by atoms with Crippen LogP contribution >= 0.6 is 0 Å². The molecule has 0 aliphatic carbocycles. The number of para-hydroxylation sites is 1. The average Bonchev–Trinajstić information content (AvgIpc) is 2.44. The summed E-state index contributed by atoms with van der Waals surface area (Å²) in [6.07, 6.45) is 1.23. The zero-order valence-electron chi connectivity index (χ0n) is 11.9. The lowest BCUT2D eigenvalue weighted by molar-refractivity contribution is -0.136. The molecule has 0 saturated heterocycles. The number of carboxylic acid groups (broad SMARTS) is 1. The number of carbonyl (C=O) groups is 1. The van der Waals surface area contributed by atoms with Crippen LogP contribution in [0.25, 0.3) is 10.9 Å². The highest BCUT2D eigenvalue weighted by Crippen LogP contribution is 2.29. The Labute approximate surface area is 122 Å². The zero-order chi connectivity index (χ0) is 15.0. The average molecular weight is 288 g/mol. The van der Waals surface area contributed by atoms with Crippen LogP contribution in [-0.2, 0) is 24.2 Å². The maximum atomic E-state index is 14.0. The van der Waals surface area contributed by atoms with Crippen LogP contribution in [0.1, 0.15) is 23.2 Å². The maximum absolute atomic E-state index is 14.0. The number of nitrogens with zero attached hydrogens (tertiary/aromatic N) is 2. The van der Waals surface area contributed by atoms with Gasteiger partial charge in [-0.25, -0.2) is 9.37 Å². The van der Waals surface area contributed by atoms with Gasteiger partial charge >= 0.3 is 5.97 Å². The number of carboxylic acids is 1. The Kier molecular flexibility index (Phi) is 3.59. The first-order chi connectivity index (χ1) is 10.1. The molecule has 1 aromatic carbocycles. The number of likely N-dealkylation sites (N-methyl/N-ethyl adjacent to an activating group) is 1. The van der Waals surface area contributed by atoms with Gasteiger partial charge in [0.05, 0.1) is 0 Å². The van der Waals surface area contributed by atoms with Crippen molar-refractivity contribution in [2.24, 2.45) is 0 Å². The molecule has 0 amide bonds. The molecule has 2 aromatic rings. The van der Waals surface area contributed by atoms with Crippen molar-refractivity contribution in [1.29, 1.82) is 0 Å². The lowest BCUT2D eigenvalue weighted by Crippen LogP contribution is -2.28. The van der Waals surface area contributed by atoms with Gasteiger partial charge in [0.25, 0.3) is 0 Å². The highest BCUT2D eigenvalue weighted by Gasteiger charge is 2.21. The molecule has 0 fully saturated rings. The van der Waals surface area contributed by atoms with Gasteiger partial charge in [-0.1, -0.05) is 12.1 Å². The molecule has 110 valence electrons. The van der Waals surface area contributed by atoms with Crippen molar-refractivity contribution in [3.8, 4) is 0 Å². The van der Waals surface area contributed by atoms with Crippen LogP contribution in [0.4, 0.5) is 4.39 Å². The molecule has 0 atom stereocenters. The maximum Gasteiger partial charge on any atom is 0.303 e. The van der Waals surface area contributed by atoms with E-state index >= 15 is 0 Å². The summed E-state index contributed by atoms with van der Waals surface area (Å²) in [4.78, 5) is 17.6. The number of fused-ring (bicyclic) bond motifs is 2. The molecular formula is C16H17FN2O2. The molecule has 0 unspecified atom stereocenters. The molecule has 5 heteroatoms. The van der Waals surface area contributed by atoms with E-state index in [1.54, 1.807) is 6.07 Å². The smallest absolute Gasteiger partial charge is 0.303 e. The van der Waals surface area contributed by atoms with Crippen LogP contribution in [-0.4, -0.2) is 34.6 Å². The topological polar surface area (TPSA) is 53.4 Å². The van der Waals surface area contributed by atoms with Gasteiger partial charge in [-0.05, 0) is 30.7 Å². The van der Waals surface area contributed by atoms with Gasteiger partial charge < -0.3 is 10.0 Å². The standard InChI is InChI=1S/C16H17FN2O2/c1-19-8-7-14-12(9-19)10(5-6-15(20)21)11-3-2-4-13(17)16(11)18-14/h2-4H,5-9H2,1H3,(H,20,21). The van der Waals surface area contributed by atoms with Gasteiger partial charge in [0.1, 0.15) is 11.3 Å². The monoisotopic (exact) mass is 288 g/mol. The second-order valence-corrected chi connectivity index (χ2v) is 5.53. The Balaban J connectivity index is 2.20. The van der Waals surface area contributed by atoms with E-state index in [4.69, 9.17) is 5.11 Å².